The van der Waals surface area contributed by atoms with Crippen LogP contribution in [-0.4, -0.2) is 93.1 Å². The Morgan fingerprint density at radius 3 is 2.19 bits per heavy atom. The fourth-order valence-electron chi connectivity index (χ4n) is 2.74. The van der Waals surface area contributed by atoms with Gasteiger partial charge in [-0.25, -0.2) is 14.3 Å². The van der Waals surface area contributed by atoms with E-state index in [1.54, 1.807) is 6.26 Å². The fourth-order valence-corrected chi connectivity index (χ4v) is 2.74. The number of nitrogens with zero attached hydrogens (tertiary/aromatic N) is 5. The van der Waals surface area contributed by atoms with E-state index in [9.17, 15) is 26.3 Å². The molecule has 1 aliphatic heterocycles. The topological polar surface area (TPSA) is 134 Å². The summed E-state index contributed by atoms with van der Waals surface area (Å²) in [5, 5.41) is 22.9. The molecular weight excluding hydrogens is 520 g/mol. The average molecular weight is 547 g/mol. The maximum absolute atomic E-state index is 10.6. The van der Waals surface area contributed by atoms with Crippen LogP contribution in [0.2, 0.25) is 0 Å². The van der Waals surface area contributed by atoms with E-state index in [0.29, 0.717) is 13.2 Å². The number of likely N-dealkylation sites (N-methyl/N-ethyl adjacent to an activating group) is 1. The van der Waals surface area contributed by atoms with Crippen molar-refractivity contribution >= 4 is 11.9 Å². The molecule has 0 bridgehead atoms. The molecule has 0 saturated heterocycles. The summed E-state index contributed by atoms with van der Waals surface area (Å²) in [6, 6.07) is 3.95. The molecule has 0 aliphatic carbocycles. The number of aryl methyl sites for hydroxylation is 1. The van der Waals surface area contributed by atoms with Crippen molar-refractivity contribution < 1.29 is 55.3 Å². The van der Waals surface area contributed by atoms with Gasteiger partial charge in [0.05, 0.1) is 31.7 Å². The fraction of sp³-hybridized carbons (Fsp3) is 0.600. The van der Waals surface area contributed by atoms with Crippen molar-refractivity contribution in [2.24, 2.45) is 0 Å². The van der Waals surface area contributed by atoms with Gasteiger partial charge in [0.25, 0.3) is 0 Å². The molecular formula is C20H27F6N5O6. The number of aromatic nitrogens is 3. The van der Waals surface area contributed by atoms with E-state index >= 15 is 0 Å². The smallest absolute Gasteiger partial charge is 0.475 e. The summed E-state index contributed by atoms with van der Waals surface area (Å²) < 4.78 is 76.7. The third kappa shape index (κ3) is 12.6. The second kappa shape index (κ2) is 14.5. The zero-order valence-corrected chi connectivity index (χ0v) is 19.9. The molecule has 2 aromatic heterocycles. The molecule has 0 spiro atoms. The van der Waals surface area contributed by atoms with Crippen molar-refractivity contribution in [3.63, 3.8) is 0 Å². The summed E-state index contributed by atoms with van der Waals surface area (Å²) in [5.41, 5.74) is 2.12. The van der Waals surface area contributed by atoms with Gasteiger partial charge in [0.15, 0.2) is 0 Å². The molecule has 2 aromatic rings. The number of aliphatic carboxylic acids is 2. The normalized spacial score (nSPS) is 14.1. The highest BCUT2D eigenvalue weighted by atomic mass is 19.4. The minimum absolute atomic E-state index is 0.526. The van der Waals surface area contributed by atoms with Crippen LogP contribution in [0.5, 0.6) is 0 Å². The monoisotopic (exact) mass is 547 g/mol. The van der Waals surface area contributed by atoms with Crippen LogP contribution in [-0.2, 0) is 40.6 Å². The predicted octanol–water partition coefficient (Wildman–Crippen LogP) is 2.62. The lowest BCUT2D eigenvalue weighted by Gasteiger charge is -2.18. The quantitative estimate of drug-likeness (QED) is 0.394. The summed E-state index contributed by atoms with van der Waals surface area (Å²) in [5.74, 6) is -4.52. The van der Waals surface area contributed by atoms with E-state index in [1.807, 2.05) is 30.9 Å². The van der Waals surface area contributed by atoms with Crippen LogP contribution >= 0.6 is 0 Å². The van der Waals surface area contributed by atoms with Crippen molar-refractivity contribution in [1.82, 2.24) is 24.8 Å². The lowest BCUT2D eigenvalue weighted by atomic mass is 10.3. The van der Waals surface area contributed by atoms with E-state index in [0.717, 1.165) is 50.6 Å². The van der Waals surface area contributed by atoms with Crippen molar-refractivity contribution in [1.29, 1.82) is 0 Å². The van der Waals surface area contributed by atoms with E-state index in [-0.39, 0.29) is 0 Å². The molecule has 0 atom stereocenters. The number of carboxylic acid groups (broad SMARTS) is 2. The van der Waals surface area contributed by atoms with Crippen molar-refractivity contribution in [2.45, 2.75) is 45.0 Å². The van der Waals surface area contributed by atoms with E-state index in [1.165, 1.54) is 5.69 Å². The van der Waals surface area contributed by atoms with E-state index in [2.05, 4.69) is 20.1 Å². The molecule has 3 heterocycles. The van der Waals surface area contributed by atoms with Gasteiger partial charge in [-0.3, -0.25) is 4.90 Å². The largest absolute Gasteiger partial charge is 0.490 e. The number of alkyl halides is 6. The summed E-state index contributed by atoms with van der Waals surface area (Å²) >= 11 is 0. The first-order valence-electron chi connectivity index (χ1n) is 10.6. The van der Waals surface area contributed by atoms with Crippen LogP contribution in [0.1, 0.15) is 23.6 Å². The van der Waals surface area contributed by atoms with Crippen LogP contribution < -0.4 is 0 Å². The zero-order valence-electron chi connectivity index (χ0n) is 19.9. The van der Waals surface area contributed by atoms with Gasteiger partial charge in [-0.15, -0.1) is 5.10 Å². The van der Waals surface area contributed by atoms with Gasteiger partial charge in [-0.2, -0.15) is 26.3 Å². The van der Waals surface area contributed by atoms with Crippen molar-refractivity contribution in [3.05, 3.63) is 35.5 Å². The molecule has 210 valence electrons. The Bertz CT molecular complexity index is 938. The Morgan fingerprint density at radius 2 is 1.70 bits per heavy atom. The van der Waals surface area contributed by atoms with Gasteiger partial charge < -0.3 is 24.3 Å². The molecule has 0 radical (unpaired) electrons. The van der Waals surface area contributed by atoms with Gasteiger partial charge >= 0.3 is 24.3 Å². The molecule has 2 N–H and O–H groups in total. The van der Waals surface area contributed by atoms with Crippen LogP contribution in [0.15, 0.2) is 22.8 Å². The molecule has 37 heavy (non-hydrogen) atoms. The van der Waals surface area contributed by atoms with Crippen LogP contribution in [0.3, 0.4) is 0 Å². The van der Waals surface area contributed by atoms with Gasteiger partial charge in [0, 0.05) is 26.2 Å². The Hall–Kier alpha value is -3.18. The van der Waals surface area contributed by atoms with Gasteiger partial charge in [-0.05, 0) is 32.6 Å². The second-order valence-electron chi connectivity index (χ2n) is 7.81. The van der Waals surface area contributed by atoms with Crippen LogP contribution in [0, 0.1) is 0 Å². The lowest BCUT2D eigenvalue weighted by Crippen LogP contribution is -2.23. The molecule has 0 amide bonds. The number of ether oxygens (including phenoxy) is 1. The highest BCUT2D eigenvalue weighted by Gasteiger charge is 2.38. The molecule has 0 aromatic carbocycles. The highest BCUT2D eigenvalue weighted by Crippen LogP contribution is 2.18. The Morgan fingerprint density at radius 1 is 1.11 bits per heavy atom. The van der Waals surface area contributed by atoms with Crippen LogP contribution in [0.4, 0.5) is 26.3 Å². The average Bonchev–Trinajstić information content (AvgIpc) is 3.36. The maximum Gasteiger partial charge on any atom is 0.490 e. The van der Waals surface area contributed by atoms with Gasteiger partial charge in [0.2, 0.25) is 0 Å². The van der Waals surface area contributed by atoms with Gasteiger partial charge in [0.1, 0.15) is 11.5 Å². The van der Waals surface area contributed by atoms with Crippen LogP contribution in [0.25, 0.3) is 0 Å². The first-order valence-corrected chi connectivity index (χ1v) is 10.6. The summed E-state index contributed by atoms with van der Waals surface area (Å²) in [7, 11) is 4.08. The summed E-state index contributed by atoms with van der Waals surface area (Å²) in [4.78, 5) is 22.3. The van der Waals surface area contributed by atoms with E-state index in [4.69, 9.17) is 29.0 Å². The summed E-state index contributed by atoms with van der Waals surface area (Å²) in [6.07, 6.45) is -7.37. The molecule has 0 unspecified atom stereocenters. The first kappa shape index (κ1) is 31.8. The lowest BCUT2D eigenvalue weighted by molar-refractivity contribution is -0.193. The Balaban J connectivity index is 0.000000404. The number of hydrogen-bond acceptors (Lipinski definition) is 8. The van der Waals surface area contributed by atoms with Gasteiger partial charge in [-0.1, -0.05) is 5.21 Å². The zero-order chi connectivity index (χ0) is 28.2. The van der Waals surface area contributed by atoms with E-state index < -0.39 is 24.3 Å². The number of hydrogen-bond donors (Lipinski definition) is 2. The Labute approximate surface area is 207 Å². The molecule has 3 rings (SSSR count). The number of furan rings is 1. The number of fused-ring (bicyclic) bond motifs is 1. The van der Waals surface area contributed by atoms with Crippen molar-refractivity contribution in [2.75, 3.05) is 33.8 Å². The molecule has 0 saturated carbocycles. The molecule has 11 nitrogen and oxygen atoms in total. The standard InChI is InChI=1S/C16H25N5O2.2C2HF3O2/c1-19(2)8-10-22-13-15-16-12-20(11-14-5-3-9-23-14)6-4-7-21(16)18-17-15;2*3-2(4,5)1(6)7/h3,5,9H,4,6-8,10-13H2,1-2H3;2*(H,6,7). The molecule has 1 aliphatic rings. The Kier molecular flexibility index (Phi) is 12.5. The number of halogens is 6. The summed E-state index contributed by atoms with van der Waals surface area (Å²) in [6.45, 7) is 5.74. The predicted molar refractivity (Wildman–Crippen MR) is 113 cm³/mol. The minimum atomic E-state index is -5.08. The molecule has 0 fully saturated rings. The number of carboxylic acids is 2. The first-order chi connectivity index (χ1) is 17.1. The maximum atomic E-state index is 10.6. The SMILES string of the molecule is CN(C)CCOCc1nnn2c1CN(Cc1ccco1)CCC2.O=C(O)C(F)(F)F.O=C(O)C(F)(F)F. The second-order valence-corrected chi connectivity index (χ2v) is 7.81. The van der Waals surface area contributed by atoms with Crippen molar-refractivity contribution in [3.8, 4) is 0 Å². The number of rotatable bonds is 7. The number of carbonyl (C=O) groups is 2. The highest BCUT2D eigenvalue weighted by molar-refractivity contribution is 5.73. The third-order valence-electron chi connectivity index (χ3n) is 4.50. The molecule has 17 heteroatoms. The minimum Gasteiger partial charge on any atom is -0.475 e. The third-order valence-corrected chi connectivity index (χ3v) is 4.50.